The molecule has 3 atom stereocenters. The van der Waals surface area contributed by atoms with Crippen molar-refractivity contribution in [3.05, 3.63) is 100 Å². The second kappa shape index (κ2) is 15.5. The molecule has 2 aliphatic rings. The molecule has 0 radical (unpaired) electrons. The van der Waals surface area contributed by atoms with E-state index in [-0.39, 0.29) is 75.0 Å². The zero-order valence-electron chi connectivity index (χ0n) is 26.5. The SMILES string of the molecule is O=C(Cc1cncc(F)c1CC[C@H]1CNCCN1S(=O)(=O)N1CC[C@@H](NC(=O)C(F)(F)F)C1)C[C@@H](c1ccc(F)cc1)c1cc(F)cc(F)c1. The number of nitrogens with zero attached hydrogens (tertiary/aromatic N) is 3. The average Bonchev–Trinajstić information content (AvgIpc) is 3.53. The van der Waals surface area contributed by atoms with Gasteiger partial charge in [0.15, 0.2) is 0 Å². The van der Waals surface area contributed by atoms with Crippen LogP contribution in [0.15, 0.2) is 54.9 Å². The second-order valence-electron chi connectivity index (χ2n) is 12.3. The van der Waals surface area contributed by atoms with E-state index in [1.807, 2.05) is 5.32 Å². The van der Waals surface area contributed by atoms with Crippen LogP contribution in [0, 0.1) is 23.3 Å². The van der Waals surface area contributed by atoms with Gasteiger partial charge in [-0.25, -0.2) is 17.6 Å². The fourth-order valence-electron chi connectivity index (χ4n) is 6.42. The predicted octanol–water partition coefficient (Wildman–Crippen LogP) is 4.18. The first kappa shape index (κ1) is 37.3. The van der Waals surface area contributed by atoms with Gasteiger partial charge in [-0.1, -0.05) is 12.1 Å². The number of aromatic nitrogens is 1. The summed E-state index contributed by atoms with van der Waals surface area (Å²) in [7, 11) is -4.18. The zero-order valence-corrected chi connectivity index (χ0v) is 27.3. The number of piperazine rings is 1. The maximum Gasteiger partial charge on any atom is 0.471 e. The van der Waals surface area contributed by atoms with Crippen molar-refractivity contribution in [3.8, 4) is 0 Å². The first-order valence-corrected chi connectivity index (χ1v) is 17.2. The van der Waals surface area contributed by atoms with Gasteiger partial charge in [-0.3, -0.25) is 14.6 Å². The van der Waals surface area contributed by atoms with E-state index in [0.717, 1.165) is 34.8 Å². The molecule has 9 nitrogen and oxygen atoms in total. The molecule has 0 aliphatic carbocycles. The zero-order chi connectivity index (χ0) is 36.2. The molecule has 3 heterocycles. The van der Waals surface area contributed by atoms with Gasteiger partial charge in [0.2, 0.25) is 0 Å². The lowest BCUT2D eigenvalue weighted by Gasteiger charge is -2.37. The molecular weight excluding hydrogens is 695 g/mol. The lowest BCUT2D eigenvalue weighted by atomic mass is 9.85. The molecule has 2 aliphatic heterocycles. The van der Waals surface area contributed by atoms with Gasteiger partial charge in [0.1, 0.15) is 29.1 Å². The van der Waals surface area contributed by atoms with Crippen LogP contribution in [0.1, 0.15) is 47.4 Å². The number of benzene rings is 2. The van der Waals surface area contributed by atoms with Gasteiger partial charge in [0, 0.05) is 75.8 Å². The van der Waals surface area contributed by atoms with Crippen molar-refractivity contribution >= 4 is 21.9 Å². The largest absolute Gasteiger partial charge is 0.471 e. The molecule has 2 aromatic carbocycles. The minimum atomic E-state index is -5.10. The third-order valence-electron chi connectivity index (χ3n) is 8.86. The average molecular weight is 730 g/mol. The Hall–Kier alpha value is -3.93. The molecule has 0 bridgehead atoms. The summed E-state index contributed by atoms with van der Waals surface area (Å²) in [5.74, 6) is -6.41. The lowest BCUT2D eigenvalue weighted by Crippen LogP contribution is -2.57. The summed E-state index contributed by atoms with van der Waals surface area (Å²) in [6.45, 7) is 0.0948. The number of alkyl halides is 3. The normalized spacial score (nSPS) is 19.7. The third-order valence-corrected chi connectivity index (χ3v) is 10.9. The summed E-state index contributed by atoms with van der Waals surface area (Å²) in [4.78, 5) is 28.7. The van der Waals surface area contributed by atoms with Gasteiger partial charge < -0.3 is 10.6 Å². The van der Waals surface area contributed by atoms with Gasteiger partial charge in [0.25, 0.3) is 10.2 Å². The van der Waals surface area contributed by atoms with Crippen LogP contribution in [0.5, 0.6) is 0 Å². The molecule has 270 valence electrons. The van der Waals surface area contributed by atoms with E-state index in [9.17, 15) is 44.3 Å². The molecule has 2 saturated heterocycles. The number of carbonyl (C=O) groups excluding carboxylic acids is 2. The summed E-state index contributed by atoms with van der Waals surface area (Å²) in [5, 5.41) is 4.92. The number of Topliss-reactive ketones (excluding diaryl/α,β-unsaturated/α-hetero) is 1. The van der Waals surface area contributed by atoms with E-state index in [2.05, 4.69) is 10.3 Å². The molecule has 0 saturated carbocycles. The number of carbonyl (C=O) groups is 2. The van der Waals surface area contributed by atoms with E-state index in [1.54, 1.807) is 0 Å². The van der Waals surface area contributed by atoms with Crippen LogP contribution < -0.4 is 10.6 Å². The van der Waals surface area contributed by atoms with E-state index in [1.165, 1.54) is 22.6 Å². The van der Waals surface area contributed by atoms with Gasteiger partial charge >= 0.3 is 12.1 Å². The number of hydrogen-bond donors (Lipinski definition) is 2. The van der Waals surface area contributed by atoms with Crippen LogP contribution >= 0.6 is 0 Å². The van der Waals surface area contributed by atoms with E-state index < -0.39 is 69.3 Å². The highest BCUT2D eigenvalue weighted by Crippen LogP contribution is 2.31. The van der Waals surface area contributed by atoms with Crippen molar-refractivity contribution in [2.45, 2.75) is 56.3 Å². The Morgan fingerprint density at radius 3 is 2.34 bits per heavy atom. The summed E-state index contributed by atoms with van der Waals surface area (Å²) in [5.41, 5.74) is 0.945. The van der Waals surface area contributed by atoms with Crippen molar-refractivity contribution in [1.82, 2.24) is 24.2 Å². The highest BCUT2D eigenvalue weighted by atomic mass is 32.2. The van der Waals surface area contributed by atoms with Crippen molar-refractivity contribution in [2.24, 2.45) is 0 Å². The van der Waals surface area contributed by atoms with E-state index in [4.69, 9.17) is 0 Å². The van der Waals surface area contributed by atoms with Crippen LogP contribution in [0.2, 0.25) is 0 Å². The predicted molar refractivity (Wildman–Crippen MR) is 167 cm³/mol. The van der Waals surface area contributed by atoms with Crippen LogP contribution in [0.4, 0.5) is 30.7 Å². The number of hydrogen-bond acceptors (Lipinski definition) is 6. The number of amides is 1. The summed E-state index contributed by atoms with van der Waals surface area (Å²) >= 11 is 0. The summed E-state index contributed by atoms with van der Waals surface area (Å²) in [6, 6.07) is 6.29. The Morgan fingerprint density at radius 1 is 0.960 bits per heavy atom. The van der Waals surface area contributed by atoms with Crippen molar-refractivity contribution in [3.63, 3.8) is 0 Å². The second-order valence-corrected chi connectivity index (χ2v) is 14.2. The Bertz CT molecular complexity index is 1790. The first-order chi connectivity index (χ1) is 23.6. The minimum absolute atomic E-state index is 0.00387. The van der Waals surface area contributed by atoms with E-state index >= 15 is 4.39 Å². The van der Waals surface area contributed by atoms with Crippen molar-refractivity contribution in [1.29, 1.82) is 0 Å². The molecule has 1 aromatic heterocycles. The van der Waals surface area contributed by atoms with Gasteiger partial charge in [-0.15, -0.1) is 0 Å². The fraction of sp³-hybridized carbons (Fsp3) is 0.424. The van der Waals surface area contributed by atoms with Gasteiger partial charge in [-0.2, -0.15) is 30.2 Å². The van der Waals surface area contributed by atoms with Crippen LogP contribution in [0.3, 0.4) is 0 Å². The Labute approximate surface area is 284 Å². The summed E-state index contributed by atoms with van der Waals surface area (Å²) in [6.07, 6.45) is -3.29. The fourth-order valence-corrected chi connectivity index (χ4v) is 8.30. The number of ketones is 1. The molecule has 3 aromatic rings. The number of rotatable bonds is 12. The van der Waals surface area contributed by atoms with Gasteiger partial charge in [0.05, 0.1) is 6.20 Å². The van der Waals surface area contributed by atoms with Crippen LogP contribution in [0.25, 0.3) is 0 Å². The van der Waals surface area contributed by atoms with Crippen LogP contribution in [-0.4, -0.2) is 84.7 Å². The Morgan fingerprint density at radius 2 is 1.66 bits per heavy atom. The maximum atomic E-state index is 15.2. The Kier molecular flexibility index (Phi) is 11.6. The molecule has 0 unspecified atom stereocenters. The molecular formula is C33H34F7N5O4S. The standard InChI is InChI=1S/C33H34F7N5O4S/c34-23-3-1-20(2-4-23)30(21-11-24(35)14-25(36)12-21)15-28(46)13-22-16-42-18-31(37)29(22)6-5-27-17-41-8-10-45(27)50(48,49)44-9-7-26(19-44)43-32(47)33(38,39)40/h1-4,11-12,14,16,18,26-27,30,41H,5-10,13,15,17,19H2,(H,43,47)/t26-,27+,30+/m1/s1. The molecule has 2 fully saturated rings. The van der Waals surface area contributed by atoms with Crippen LogP contribution in [-0.2, 0) is 32.6 Å². The first-order valence-electron chi connectivity index (χ1n) is 15.8. The molecule has 2 N–H and O–H groups in total. The molecule has 17 heteroatoms. The molecule has 50 heavy (non-hydrogen) atoms. The number of halogens is 7. The highest BCUT2D eigenvalue weighted by molar-refractivity contribution is 7.86. The topological polar surface area (TPSA) is 112 Å². The highest BCUT2D eigenvalue weighted by Gasteiger charge is 2.44. The lowest BCUT2D eigenvalue weighted by molar-refractivity contribution is -0.174. The monoisotopic (exact) mass is 729 g/mol. The smallest absolute Gasteiger partial charge is 0.344 e. The van der Waals surface area contributed by atoms with Crippen molar-refractivity contribution in [2.75, 3.05) is 32.7 Å². The minimum Gasteiger partial charge on any atom is -0.344 e. The van der Waals surface area contributed by atoms with Gasteiger partial charge in [-0.05, 0) is 65.8 Å². The molecule has 1 amide bonds. The number of pyridine rings is 1. The Balaban J connectivity index is 1.29. The molecule has 5 rings (SSSR count). The quantitative estimate of drug-likeness (QED) is 0.271. The summed E-state index contributed by atoms with van der Waals surface area (Å²) < 4.78 is 125. The van der Waals surface area contributed by atoms with Crippen molar-refractivity contribution < 1.29 is 48.7 Å². The van der Waals surface area contributed by atoms with E-state index in [0.29, 0.717) is 18.2 Å². The maximum absolute atomic E-state index is 15.2. The molecule has 0 spiro atoms. The third kappa shape index (κ3) is 9.04. The number of nitrogens with one attached hydrogen (secondary N) is 2.